The molecule has 3 rings (SSSR count). The van der Waals surface area contributed by atoms with Crippen LogP contribution in [0.25, 0.3) is 0 Å². The van der Waals surface area contributed by atoms with Crippen LogP contribution in [-0.2, 0) is 6.18 Å². The molecular formula is C19H19F4NO. The van der Waals surface area contributed by atoms with Crippen molar-refractivity contribution in [2.24, 2.45) is 0 Å². The SMILES string of the molecule is O[C@@H](C1CCCN1)[C@H](c1ccc(F)cc1)c1cccc(C(F)(F)F)c1. The highest BCUT2D eigenvalue weighted by molar-refractivity contribution is 5.37. The Hall–Kier alpha value is -1.92. The number of hydrogen-bond acceptors (Lipinski definition) is 2. The Morgan fingerprint density at radius 3 is 2.36 bits per heavy atom. The molecule has 0 spiro atoms. The predicted molar refractivity (Wildman–Crippen MR) is 86.7 cm³/mol. The zero-order chi connectivity index (χ0) is 18.0. The van der Waals surface area contributed by atoms with E-state index in [4.69, 9.17) is 0 Å². The van der Waals surface area contributed by atoms with Crippen LogP contribution in [-0.4, -0.2) is 23.8 Å². The van der Waals surface area contributed by atoms with E-state index in [1.807, 2.05) is 0 Å². The van der Waals surface area contributed by atoms with Crippen molar-refractivity contribution in [2.75, 3.05) is 6.54 Å². The van der Waals surface area contributed by atoms with E-state index in [2.05, 4.69) is 5.32 Å². The average molecular weight is 353 g/mol. The lowest BCUT2D eigenvalue weighted by molar-refractivity contribution is -0.137. The van der Waals surface area contributed by atoms with Gasteiger partial charge in [-0.1, -0.05) is 30.3 Å². The largest absolute Gasteiger partial charge is 0.416 e. The van der Waals surface area contributed by atoms with E-state index in [0.717, 1.165) is 31.5 Å². The van der Waals surface area contributed by atoms with Crippen molar-refractivity contribution in [1.29, 1.82) is 0 Å². The van der Waals surface area contributed by atoms with Crippen LogP contribution in [0, 0.1) is 5.82 Å². The van der Waals surface area contributed by atoms with Crippen LogP contribution in [0.2, 0.25) is 0 Å². The van der Waals surface area contributed by atoms with E-state index < -0.39 is 29.6 Å². The van der Waals surface area contributed by atoms with E-state index in [1.54, 1.807) is 6.07 Å². The maximum absolute atomic E-state index is 13.3. The third-order valence-corrected chi connectivity index (χ3v) is 4.65. The minimum Gasteiger partial charge on any atom is -0.391 e. The van der Waals surface area contributed by atoms with Crippen LogP contribution in [0.5, 0.6) is 0 Å². The number of alkyl halides is 3. The highest BCUT2D eigenvalue weighted by Gasteiger charge is 2.35. The molecule has 1 fully saturated rings. The molecule has 2 aromatic carbocycles. The molecule has 1 heterocycles. The molecule has 25 heavy (non-hydrogen) atoms. The van der Waals surface area contributed by atoms with Gasteiger partial charge in [-0.15, -0.1) is 0 Å². The second-order valence-electron chi connectivity index (χ2n) is 6.35. The molecule has 1 aliphatic rings. The van der Waals surface area contributed by atoms with E-state index in [1.165, 1.54) is 30.3 Å². The van der Waals surface area contributed by atoms with Crippen molar-refractivity contribution in [2.45, 2.75) is 37.1 Å². The summed E-state index contributed by atoms with van der Waals surface area (Å²) in [6.07, 6.45) is -3.71. The molecule has 6 heteroatoms. The quantitative estimate of drug-likeness (QED) is 0.812. The molecule has 2 nitrogen and oxygen atoms in total. The van der Waals surface area contributed by atoms with Crippen molar-refractivity contribution in [3.63, 3.8) is 0 Å². The van der Waals surface area contributed by atoms with E-state index >= 15 is 0 Å². The second-order valence-corrected chi connectivity index (χ2v) is 6.35. The molecule has 1 aliphatic heterocycles. The molecule has 0 aliphatic carbocycles. The number of aliphatic hydroxyl groups is 1. The summed E-state index contributed by atoms with van der Waals surface area (Å²) in [4.78, 5) is 0. The van der Waals surface area contributed by atoms with Crippen LogP contribution >= 0.6 is 0 Å². The van der Waals surface area contributed by atoms with Crippen LogP contribution in [0.3, 0.4) is 0 Å². The van der Waals surface area contributed by atoms with Crippen LogP contribution < -0.4 is 5.32 Å². The number of benzene rings is 2. The lowest BCUT2D eigenvalue weighted by atomic mass is 9.82. The zero-order valence-corrected chi connectivity index (χ0v) is 13.4. The van der Waals surface area contributed by atoms with Crippen molar-refractivity contribution in [1.82, 2.24) is 5.32 Å². The fourth-order valence-corrected chi connectivity index (χ4v) is 3.40. The zero-order valence-electron chi connectivity index (χ0n) is 13.4. The highest BCUT2D eigenvalue weighted by atomic mass is 19.4. The molecule has 2 N–H and O–H groups in total. The van der Waals surface area contributed by atoms with Crippen LogP contribution in [0.15, 0.2) is 48.5 Å². The minimum absolute atomic E-state index is 0.204. The maximum atomic E-state index is 13.3. The van der Waals surface area contributed by atoms with Gasteiger partial charge in [-0.3, -0.25) is 0 Å². The van der Waals surface area contributed by atoms with Crippen LogP contribution in [0.1, 0.15) is 35.4 Å². The van der Waals surface area contributed by atoms with Gasteiger partial charge in [-0.2, -0.15) is 13.2 Å². The summed E-state index contributed by atoms with van der Waals surface area (Å²) < 4.78 is 52.4. The summed E-state index contributed by atoms with van der Waals surface area (Å²) in [5.41, 5.74) is 0.188. The molecule has 134 valence electrons. The summed E-state index contributed by atoms with van der Waals surface area (Å²) in [5.74, 6) is -1.10. The maximum Gasteiger partial charge on any atom is 0.416 e. The summed E-state index contributed by atoms with van der Waals surface area (Å²) in [6.45, 7) is 0.764. The molecule has 1 saturated heterocycles. The molecular weight excluding hydrogens is 334 g/mol. The summed E-state index contributed by atoms with van der Waals surface area (Å²) in [7, 11) is 0. The van der Waals surface area contributed by atoms with Gasteiger partial charge in [-0.25, -0.2) is 4.39 Å². The van der Waals surface area contributed by atoms with E-state index in [-0.39, 0.29) is 6.04 Å². The Balaban J connectivity index is 2.02. The Bertz CT molecular complexity index is 708. The Morgan fingerprint density at radius 1 is 1.04 bits per heavy atom. The standard InChI is InChI=1S/C19H19F4NO/c20-15-8-6-12(7-9-15)17(18(25)16-5-2-10-24-16)13-3-1-4-14(11-13)19(21,22)23/h1,3-4,6-9,11,16-18,24-25H,2,5,10H2/t16?,17-,18+/m1/s1. The topological polar surface area (TPSA) is 32.3 Å². The molecule has 1 unspecified atom stereocenters. The Morgan fingerprint density at radius 2 is 1.76 bits per heavy atom. The van der Waals surface area contributed by atoms with E-state index in [0.29, 0.717) is 11.1 Å². The molecule has 2 aromatic rings. The van der Waals surface area contributed by atoms with Crippen molar-refractivity contribution in [3.8, 4) is 0 Å². The van der Waals surface area contributed by atoms with E-state index in [9.17, 15) is 22.7 Å². The van der Waals surface area contributed by atoms with Crippen molar-refractivity contribution < 1.29 is 22.7 Å². The van der Waals surface area contributed by atoms with Gasteiger partial charge in [0.25, 0.3) is 0 Å². The first kappa shape index (κ1) is 17.9. The van der Waals surface area contributed by atoms with Gasteiger partial charge < -0.3 is 10.4 Å². The molecule has 0 bridgehead atoms. The first-order valence-electron chi connectivity index (χ1n) is 8.20. The van der Waals surface area contributed by atoms with Gasteiger partial charge in [0.1, 0.15) is 5.82 Å². The normalized spacial score (nSPS) is 20.4. The monoisotopic (exact) mass is 353 g/mol. The van der Waals surface area contributed by atoms with Gasteiger partial charge in [0.05, 0.1) is 11.7 Å². The lowest BCUT2D eigenvalue weighted by Crippen LogP contribution is -2.39. The summed E-state index contributed by atoms with van der Waals surface area (Å²) >= 11 is 0. The first-order chi connectivity index (χ1) is 11.9. The van der Waals surface area contributed by atoms with Gasteiger partial charge in [0.15, 0.2) is 0 Å². The van der Waals surface area contributed by atoms with Crippen molar-refractivity contribution in [3.05, 3.63) is 71.0 Å². The third-order valence-electron chi connectivity index (χ3n) is 4.65. The van der Waals surface area contributed by atoms with Crippen molar-refractivity contribution >= 4 is 0 Å². The molecule has 3 atom stereocenters. The average Bonchev–Trinajstić information content (AvgIpc) is 3.11. The second kappa shape index (κ2) is 7.14. The third kappa shape index (κ3) is 4.02. The molecule has 0 amide bonds. The van der Waals surface area contributed by atoms with Gasteiger partial charge in [-0.05, 0) is 48.7 Å². The number of halogens is 4. The summed E-state index contributed by atoms with van der Waals surface area (Å²) in [6, 6.07) is 10.3. The van der Waals surface area contributed by atoms with Gasteiger partial charge >= 0.3 is 6.18 Å². The first-order valence-corrected chi connectivity index (χ1v) is 8.20. The molecule has 0 saturated carbocycles. The molecule has 0 aromatic heterocycles. The number of nitrogens with one attached hydrogen (secondary N) is 1. The number of rotatable bonds is 4. The fourth-order valence-electron chi connectivity index (χ4n) is 3.40. The predicted octanol–water partition coefficient (Wildman–Crippen LogP) is 4.09. The summed E-state index contributed by atoms with van der Waals surface area (Å²) in [5, 5.41) is 14.0. The Labute approximate surface area is 143 Å². The molecule has 0 radical (unpaired) electrons. The number of hydrogen-bond donors (Lipinski definition) is 2. The smallest absolute Gasteiger partial charge is 0.391 e. The van der Waals surface area contributed by atoms with Crippen LogP contribution in [0.4, 0.5) is 17.6 Å². The lowest BCUT2D eigenvalue weighted by Gasteiger charge is -2.29. The highest BCUT2D eigenvalue weighted by Crippen LogP contribution is 2.36. The van der Waals surface area contributed by atoms with Gasteiger partial charge in [0.2, 0.25) is 0 Å². The van der Waals surface area contributed by atoms with Gasteiger partial charge in [0, 0.05) is 12.0 Å². The Kier molecular flexibility index (Phi) is 5.11. The minimum atomic E-state index is -4.46. The fraction of sp³-hybridized carbons (Fsp3) is 0.368. The number of aliphatic hydroxyl groups excluding tert-OH is 1.